The normalized spacial score (nSPS) is 12.5. The molecule has 1 aromatic carbocycles. The lowest BCUT2D eigenvalue weighted by Gasteiger charge is -2.12. The fourth-order valence-corrected chi connectivity index (χ4v) is 2.21. The van der Waals surface area contributed by atoms with E-state index in [-0.39, 0.29) is 0 Å². The predicted molar refractivity (Wildman–Crippen MR) is 72.0 cm³/mol. The molecule has 0 aliphatic heterocycles. The third kappa shape index (κ3) is 4.00. The maximum atomic E-state index is 5.99. The Morgan fingerprint density at radius 3 is 2.80 bits per heavy atom. The van der Waals surface area contributed by atoms with Gasteiger partial charge in [-0.1, -0.05) is 45.7 Å². The summed E-state index contributed by atoms with van der Waals surface area (Å²) in [5, 5.41) is 1.86. The standard InChI is InChI=1S/C13H16BrCl/c1-3-4-12(9-14)8-11-5-6-13(15)10(2)7-11/h3,5-7,12H,1,4,8-9H2,2H3. The number of hydrogen-bond acceptors (Lipinski definition) is 0. The Hall–Kier alpha value is -0.270. The number of hydrogen-bond donors (Lipinski definition) is 0. The molecule has 0 aliphatic carbocycles. The van der Waals surface area contributed by atoms with Crippen LogP contribution in [-0.4, -0.2) is 5.33 Å². The number of aryl methyl sites for hydroxylation is 1. The Labute approximate surface area is 105 Å². The molecule has 0 spiro atoms. The summed E-state index contributed by atoms with van der Waals surface area (Å²) in [7, 11) is 0. The molecule has 0 heterocycles. The molecule has 0 nitrogen and oxygen atoms in total. The van der Waals surface area contributed by atoms with Crippen molar-refractivity contribution in [3.05, 3.63) is 47.0 Å². The number of rotatable bonds is 5. The summed E-state index contributed by atoms with van der Waals surface area (Å²) in [5.74, 6) is 0.628. The lowest BCUT2D eigenvalue weighted by molar-refractivity contribution is 0.605. The second kappa shape index (κ2) is 6.34. The monoisotopic (exact) mass is 286 g/mol. The van der Waals surface area contributed by atoms with Crippen LogP contribution in [-0.2, 0) is 6.42 Å². The van der Waals surface area contributed by atoms with Crippen LogP contribution < -0.4 is 0 Å². The Bertz CT molecular complexity index is 333. The molecule has 2 heteroatoms. The smallest absolute Gasteiger partial charge is 0.0435 e. The lowest BCUT2D eigenvalue weighted by atomic mass is 9.97. The van der Waals surface area contributed by atoms with Crippen molar-refractivity contribution in [3.8, 4) is 0 Å². The van der Waals surface area contributed by atoms with Gasteiger partial charge in [0.2, 0.25) is 0 Å². The van der Waals surface area contributed by atoms with E-state index in [2.05, 4.69) is 34.6 Å². The van der Waals surface area contributed by atoms with E-state index in [1.54, 1.807) is 0 Å². The van der Waals surface area contributed by atoms with E-state index in [4.69, 9.17) is 11.6 Å². The van der Waals surface area contributed by atoms with E-state index in [0.29, 0.717) is 5.92 Å². The van der Waals surface area contributed by atoms with Crippen molar-refractivity contribution >= 4 is 27.5 Å². The summed E-state index contributed by atoms with van der Waals surface area (Å²) in [4.78, 5) is 0. The fraction of sp³-hybridized carbons (Fsp3) is 0.385. The van der Waals surface area contributed by atoms with Crippen molar-refractivity contribution in [1.82, 2.24) is 0 Å². The molecule has 1 atom stereocenters. The van der Waals surface area contributed by atoms with Gasteiger partial charge in [0.25, 0.3) is 0 Å². The fourth-order valence-electron chi connectivity index (χ4n) is 1.60. The van der Waals surface area contributed by atoms with Crippen molar-refractivity contribution in [1.29, 1.82) is 0 Å². The summed E-state index contributed by atoms with van der Waals surface area (Å²) in [6.45, 7) is 5.82. The van der Waals surface area contributed by atoms with Gasteiger partial charge in [-0.25, -0.2) is 0 Å². The van der Waals surface area contributed by atoms with Crippen LogP contribution in [0.1, 0.15) is 17.5 Å². The molecule has 1 aromatic rings. The number of benzene rings is 1. The van der Waals surface area contributed by atoms with Crippen LogP contribution in [0.4, 0.5) is 0 Å². The van der Waals surface area contributed by atoms with Gasteiger partial charge >= 0.3 is 0 Å². The molecule has 82 valence electrons. The van der Waals surface area contributed by atoms with Gasteiger partial charge in [0.15, 0.2) is 0 Å². The van der Waals surface area contributed by atoms with Crippen LogP contribution in [0.25, 0.3) is 0 Å². The highest BCUT2D eigenvalue weighted by molar-refractivity contribution is 9.09. The first-order valence-electron chi connectivity index (χ1n) is 5.09. The highest BCUT2D eigenvalue weighted by Gasteiger charge is 2.07. The molecule has 0 amide bonds. The highest BCUT2D eigenvalue weighted by atomic mass is 79.9. The summed E-state index contributed by atoms with van der Waals surface area (Å²) in [6, 6.07) is 6.25. The molecule has 0 fully saturated rings. The number of halogens is 2. The largest absolute Gasteiger partial charge is 0.103 e. The van der Waals surface area contributed by atoms with Gasteiger partial charge in [0.05, 0.1) is 0 Å². The maximum Gasteiger partial charge on any atom is 0.0435 e. The zero-order chi connectivity index (χ0) is 11.3. The molecule has 1 unspecified atom stereocenters. The molecule has 0 radical (unpaired) electrons. The van der Waals surface area contributed by atoms with Crippen molar-refractivity contribution in [2.45, 2.75) is 19.8 Å². The van der Waals surface area contributed by atoms with E-state index in [0.717, 1.165) is 28.8 Å². The van der Waals surface area contributed by atoms with Crippen LogP contribution in [0, 0.1) is 12.8 Å². The first kappa shape index (κ1) is 12.8. The first-order valence-corrected chi connectivity index (χ1v) is 6.59. The third-order valence-electron chi connectivity index (χ3n) is 2.46. The van der Waals surface area contributed by atoms with Crippen LogP contribution in [0.3, 0.4) is 0 Å². The summed E-state index contributed by atoms with van der Waals surface area (Å²) >= 11 is 9.52. The summed E-state index contributed by atoms with van der Waals surface area (Å²) in [5.41, 5.74) is 2.50. The lowest BCUT2D eigenvalue weighted by Crippen LogP contribution is -2.05. The molecule has 15 heavy (non-hydrogen) atoms. The van der Waals surface area contributed by atoms with Crippen LogP contribution in [0.2, 0.25) is 5.02 Å². The van der Waals surface area contributed by atoms with Crippen LogP contribution in [0.15, 0.2) is 30.9 Å². The molecule has 0 saturated heterocycles. The van der Waals surface area contributed by atoms with Crippen LogP contribution >= 0.6 is 27.5 Å². The van der Waals surface area contributed by atoms with Gasteiger partial charge < -0.3 is 0 Å². The van der Waals surface area contributed by atoms with Crippen molar-refractivity contribution in [2.24, 2.45) is 5.92 Å². The summed E-state index contributed by atoms with van der Waals surface area (Å²) in [6.07, 6.45) is 4.11. The van der Waals surface area contributed by atoms with E-state index in [9.17, 15) is 0 Å². The molecular formula is C13H16BrCl. The molecule has 0 aromatic heterocycles. The molecule has 0 aliphatic rings. The van der Waals surface area contributed by atoms with Gasteiger partial charge in [-0.15, -0.1) is 6.58 Å². The van der Waals surface area contributed by atoms with Crippen molar-refractivity contribution in [2.75, 3.05) is 5.33 Å². The molecule has 0 saturated carbocycles. The second-order valence-corrected chi connectivity index (χ2v) is 4.89. The van der Waals surface area contributed by atoms with Gasteiger partial charge in [-0.2, -0.15) is 0 Å². The average molecular weight is 288 g/mol. The predicted octanol–water partition coefficient (Wildman–Crippen LogP) is 4.78. The highest BCUT2D eigenvalue weighted by Crippen LogP contribution is 2.20. The Kier molecular flexibility index (Phi) is 5.41. The van der Waals surface area contributed by atoms with Gasteiger partial charge in [0.1, 0.15) is 0 Å². The average Bonchev–Trinajstić information content (AvgIpc) is 2.23. The van der Waals surface area contributed by atoms with Gasteiger partial charge in [0, 0.05) is 10.4 Å². The third-order valence-corrected chi connectivity index (χ3v) is 3.80. The first-order chi connectivity index (χ1) is 7.17. The Morgan fingerprint density at radius 1 is 1.53 bits per heavy atom. The zero-order valence-corrected chi connectivity index (χ0v) is 11.3. The Balaban J connectivity index is 2.70. The minimum absolute atomic E-state index is 0.628. The molecular weight excluding hydrogens is 272 g/mol. The van der Waals surface area contributed by atoms with Crippen molar-refractivity contribution in [3.63, 3.8) is 0 Å². The minimum Gasteiger partial charge on any atom is -0.103 e. The number of allylic oxidation sites excluding steroid dienone is 1. The van der Waals surface area contributed by atoms with E-state index < -0.39 is 0 Å². The van der Waals surface area contributed by atoms with Gasteiger partial charge in [-0.05, 0) is 42.9 Å². The Morgan fingerprint density at radius 2 is 2.27 bits per heavy atom. The zero-order valence-electron chi connectivity index (χ0n) is 8.97. The second-order valence-electron chi connectivity index (χ2n) is 3.83. The SMILES string of the molecule is C=CCC(CBr)Cc1ccc(Cl)c(C)c1. The molecule has 1 rings (SSSR count). The maximum absolute atomic E-state index is 5.99. The van der Waals surface area contributed by atoms with Crippen molar-refractivity contribution < 1.29 is 0 Å². The minimum atomic E-state index is 0.628. The van der Waals surface area contributed by atoms with E-state index in [1.807, 2.05) is 19.1 Å². The van der Waals surface area contributed by atoms with E-state index >= 15 is 0 Å². The molecule has 0 bridgehead atoms. The van der Waals surface area contributed by atoms with E-state index in [1.165, 1.54) is 5.56 Å². The molecule has 0 N–H and O–H groups in total. The number of alkyl halides is 1. The van der Waals surface area contributed by atoms with Gasteiger partial charge in [-0.3, -0.25) is 0 Å². The summed E-state index contributed by atoms with van der Waals surface area (Å²) < 4.78 is 0. The van der Waals surface area contributed by atoms with Crippen LogP contribution in [0.5, 0.6) is 0 Å². The topological polar surface area (TPSA) is 0 Å². The quantitative estimate of drug-likeness (QED) is 0.540.